The molecule has 0 spiro atoms. The Morgan fingerprint density at radius 2 is 1.81 bits per heavy atom. The lowest BCUT2D eigenvalue weighted by Gasteiger charge is -2.36. The summed E-state index contributed by atoms with van der Waals surface area (Å²) in [6.45, 7) is 1.93. The Bertz CT molecular complexity index is 1590. The molecular weight excluding hydrogens is 474 g/mol. The van der Waals surface area contributed by atoms with Crippen LogP contribution in [0.3, 0.4) is 0 Å². The molecule has 2 aliphatic rings. The number of imidazole rings is 1. The lowest BCUT2D eigenvalue weighted by molar-refractivity contribution is 0.131. The number of ether oxygens (including phenoxy) is 1. The number of aromatic amines is 1. The first-order valence-electron chi connectivity index (χ1n) is 12.4. The number of fused-ring (bicyclic) bond motifs is 4. The standard InChI is InChI=1S/C27H26ClN7O/c1-15-31-21-6-5-20(11-23(21)32-15)36-25-8-7-22-27(26(25)28)33-24(13-29-22)16-12-30-35(14-16)19-9-17-3-4-18(10-19)34(17)2/h5-8,11-14,17-19H,3-4,9-10H2,1-2H3,(H,31,32)/t17-,18+,19+. The minimum Gasteiger partial charge on any atom is -0.456 e. The Kier molecular flexibility index (Phi) is 5.01. The fraction of sp³-hybridized carbons (Fsp3) is 0.333. The number of halogens is 1. The van der Waals surface area contributed by atoms with Gasteiger partial charge in [-0.1, -0.05) is 11.6 Å². The lowest BCUT2D eigenvalue weighted by Crippen LogP contribution is -2.40. The first-order chi connectivity index (χ1) is 17.5. The molecule has 0 unspecified atom stereocenters. The minimum absolute atomic E-state index is 0.431. The quantitative estimate of drug-likeness (QED) is 0.330. The summed E-state index contributed by atoms with van der Waals surface area (Å²) < 4.78 is 8.25. The van der Waals surface area contributed by atoms with Crippen molar-refractivity contribution < 1.29 is 4.74 Å². The number of hydrogen-bond donors (Lipinski definition) is 1. The van der Waals surface area contributed by atoms with Gasteiger partial charge in [-0.15, -0.1) is 0 Å². The molecule has 1 N–H and O–H groups in total. The molecule has 2 bridgehead atoms. The Labute approximate surface area is 213 Å². The number of piperidine rings is 1. The molecule has 0 aliphatic carbocycles. The van der Waals surface area contributed by atoms with Gasteiger partial charge >= 0.3 is 0 Å². The summed E-state index contributed by atoms with van der Waals surface area (Å²) in [5, 5.41) is 5.14. The van der Waals surface area contributed by atoms with Crippen LogP contribution in [0.2, 0.25) is 5.02 Å². The average Bonchev–Trinajstić information content (AvgIpc) is 3.55. The van der Waals surface area contributed by atoms with Gasteiger partial charge in [-0.2, -0.15) is 5.10 Å². The Hall–Kier alpha value is -3.49. The lowest BCUT2D eigenvalue weighted by atomic mass is 9.98. The summed E-state index contributed by atoms with van der Waals surface area (Å²) in [6.07, 6.45) is 10.6. The van der Waals surface area contributed by atoms with E-state index in [0.29, 0.717) is 40.2 Å². The van der Waals surface area contributed by atoms with Crippen molar-refractivity contribution >= 4 is 33.7 Å². The van der Waals surface area contributed by atoms with Crippen molar-refractivity contribution in [3.8, 4) is 22.8 Å². The Morgan fingerprint density at radius 3 is 2.64 bits per heavy atom. The Balaban J connectivity index is 1.18. The van der Waals surface area contributed by atoms with Gasteiger partial charge in [-0.3, -0.25) is 9.67 Å². The van der Waals surface area contributed by atoms with Gasteiger partial charge in [0.05, 0.1) is 40.7 Å². The Morgan fingerprint density at radius 1 is 1.00 bits per heavy atom. The molecule has 9 heteroatoms. The van der Waals surface area contributed by atoms with E-state index in [-0.39, 0.29) is 0 Å². The largest absolute Gasteiger partial charge is 0.456 e. The van der Waals surface area contributed by atoms with Crippen molar-refractivity contribution in [3.05, 3.63) is 59.8 Å². The molecule has 5 heterocycles. The normalized spacial score (nSPS) is 22.0. The molecule has 5 aromatic rings. The third-order valence-electron chi connectivity index (χ3n) is 7.76. The number of hydrogen-bond acceptors (Lipinski definition) is 6. The van der Waals surface area contributed by atoms with Crippen LogP contribution in [0.1, 0.15) is 37.5 Å². The first-order valence-corrected chi connectivity index (χ1v) is 12.8. The number of H-pyrrole nitrogens is 1. The number of rotatable bonds is 4. The van der Waals surface area contributed by atoms with E-state index in [2.05, 4.69) is 37.8 Å². The summed E-state index contributed by atoms with van der Waals surface area (Å²) in [4.78, 5) is 19.7. The van der Waals surface area contributed by atoms with Crippen LogP contribution in [0.4, 0.5) is 0 Å². The van der Waals surface area contributed by atoms with Gasteiger partial charge in [-0.25, -0.2) is 9.97 Å². The zero-order valence-electron chi connectivity index (χ0n) is 20.1. The van der Waals surface area contributed by atoms with Crippen LogP contribution in [0.5, 0.6) is 11.5 Å². The van der Waals surface area contributed by atoms with Crippen molar-refractivity contribution in [3.63, 3.8) is 0 Å². The maximum atomic E-state index is 6.78. The second-order valence-electron chi connectivity index (χ2n) is 9.99. The van der Waals surface area contributed by atoms with Crippen molar-refractivity contribution in [2.45, 2.75) is 50.7 Å². The van der Waals surface area contributed by atoms with Gasteiger partial charge in [-0.05, 0) is 63.9 Å². The number of nitrogens with zero attached hydrogens (tertiary/aromatic N) is 6. The van der Waals surface area contributed by atoms with Gasteiger partial charge in [0.25, 0.3) is 0 Å². The van der Waals surface area contributed by atoms with Crippen LogP contribution in [0.15, 0.2) is 48.9 Å². The fourth-order valence-electron chi connectivity index (χ4n) is 5.82. The average molecular weight is 500 g/mol. The zero-order chi connectivity index (χ0) is 24.4. The molecule has 36 heavy (non-hydrogen) atoms. The number of aryl methyl sites for hydroxylation is 1. The summed E-state index contributed by atoms with van der Waals surface area (Å²) in [7, 11) is 2.26. The number of aromatic nitrogens is 6. The van der Waals surface area contributed by atoms with E-state index in [1.54, 1.807) is 6.20 Å². The van der Waals surface area contributed by atoms with Crippen LogP contribution >= 0.6 is 11.6 Å². The van der Waals surface area contributed by atoms with E-state index in [9.17, 15) is 0 Å². The van der Waals surface area contributed by atoms with Crippen LogP contribution in [-0.2, 0) is 0 Å². The van der Waals surface area contributed by atoms with Crippen molar-refractivity contribution in [2.24, 2.45) is 0 Å². The molecule has 182 valence electrons. The van der Waals surface area contributed by atoms with Crippen LogP contribution < -0.4 is 4.74 Å². The van der Waals surface area contributed by atoms with E-state index in [1.165, 1.54) is 12.8 Å². The summed E-state index contributed by atoms with van der Waals surface area (Å²) >= 11 is 6.78. The first kappa shape index (κ1) is 21.8. The molecule has 7 rings (SSSR count). The molecule has 2 fully saturated rings. The molecule has 8 nitrogen and oxygen atoms in total. The van der Waals surface area contributed by atoms with E-state index >= 15 is 0 Å². The van der Waals surface area contributed by atoms with Gasteiger partial charge in [0.15, 0.2) is 0 Å². The summed E-state index contributed by atoms with van der Waals surface area (Å²) in [5.41, 5.74) is 4.83. The molecule has 2 saturated heterocycles. The van der Waals surface area contributed by atoms with E-state index in [1.807, 2.05) is 43.5 Å². The zero-order valence-corrected chi connectivity index (χ0v) is 20.9. The maximum absolute atomic E-state index is 6.78. The maximum Gasteiger partial charge on any atom is 0.148 e. The van der Waals surface area contributed by atoms with Gasteiger partial charge in [0.1, 0.15) is 27.9 Å². The van der Waals surface area contributed by atoms with E-state index in [0.717, 1.165) is 46.5 Å². The van der Waals surface area contributed by atoms with E-state index in [4.69, 9.17) is 26.4 Å². The molecule has 0 amide bonds. The fourth-order valence-corrected chi connectivity index (χ4v) is 6.06. The van der Waals surface area contributed by atoms with Gasteiger partial charge < -0.3 is 14.6 Å². The predicted octanol–water partition coefficient (Wildman–Crippen LogP) is 5.92. The highest BCUT2D eigenvalue weighted by Crippen LogP contribution is 2.40. The smallest absolute Gasteiger partial charge is 0.148 e. The molecule has 3 aromatic heterocycles. The molecule has 2 aliphatic heterocycles. The van der Waals surface area contributed by atoms with E-state index < -0.39 is 0 Å². The predicted molar refractivity (Wildman–Crippen MR) is 140 cm³/mol. The molecule has 0 saturated carbocycles. The van der Waals surface area contributed by atoms with Crippen LogP contribution in [-0.4, -0.2) is 53.7 Å². The van der Waals surface area contributed by atoms with Crippen LogP contribution in [0, 0.1) is 6.92 Å². The molecule has 3 atom stereocenters. The summed E-state index contributed by atoms with van der Waals surface area (Å²) in [5.74, 6) is 2.06. The number of benzene rings is 2. The second kappa shape index (κ2) is 8.28. The highest BCUT2D eigenvalue weighted by atomic mass is 35.5. The van der Waals surface area contributed by atoms with Gasteiger partial charge in [0, 0.05) is 29.9 Å². The molecule has 0 radical (unpaired) electrons. The molecular formula is C27H26ClN7O. The third-order valence-corrected chi connectivity index (χ3v) is 8.13. The highest BCUT2D eigenvalue weighted by Gasteiger charge is 2.39. The van der Waals surface area contributed by atoms with Crippen molar-refractivity contribution in [2.75, 3.05) is 7.05 Å². The second-order valence-corrected chi connectivity index (χ2v) is 10.4. The van der Waals surface area contributed by atoms with Gasteiger partial charge in [0.2, 0.25) is 0 Å². The van der Waals surface area contributed by atoms with Crippen molar-refractivity contribution in [1.82, 2.24) is 34.6 Å². The number of nitrogens with one attached hydrogen (secondary N) is 1. The summed E-state index contributed by atoms with van der Waals surface area (Å²) in [6, 6.07) is 11.2. The topological polar surface area (TPSA) is 84.8 Å². The van der Waals surface area contributed by atoms with Crippen LogP contribution in [0.25, 0.3) is 33.3 Å². The monoisotopic (exact) mass is 499 g/mol. The third kappa shape index (κ3) is 3.63. The molecule has 2 aromatic carbocycles. The SMILES string of the molecule is Cc1nc2ccc(Oc3ccc4ncc(-c5cnn([C@H]6C[C@H]7CC[C@@H](C6)N7C)c5)nc4c3Cl)cc2[nH]1. The van der Waals surface area contributed by atoms with Crippen molar-refractivity contribution in [1.29, 1.82) is 0 Å². The highest BCUT2D eigenvalue weighted by molar-refractivity contribution is 6.36. The minimum atomic E-state index is 0.431.